The SMILES string of the molecule is CC(C)(C)OC(=O)NCC=Cc1cnc(N)c(C(=O)O)c1. The quantitative estimate of drug-likeness (QED) is 0.781. The van der Waals surface area contributed by atoms with Gasteiger partial charge in [0.1, 0.15) is 17.0 Å². The van der Waals surface area contributed by atoms with Crippen molar-refractivity contribution in [1.29, 1.82) is 0 Å². The standard InChI is InChI=1S/C14H19N3O4/c1-14(2,3)21-13(20)16-6-4-5-9-7-10(12(18)19)11(15)17-8-9/h4-5,7-8H,6H2,1-3H3,(H2,15,17)(H,16,20)(H,18,19). The lowest BCUT2D eigenvalue weighted by atomic mass is 10.2. The predicted molar refractivity (Wildman–Crippen MR) is 78.9 cm³/mol. The Kier molecular flexibility index (Phi) is 5.29. The van der Waals surface area contributed by atoms with Crippen molar-refractivity contribution in [3.63, 3.8) is 0 Å². The number of aromatic nitrogens is 1. The molecule has 0 aliphatic carbocycles. The first-order valence-electron chi connectivity index (χ1n) is 6.31. The molecule has 0 aliphatic heterocycles. The van der Waals surface area contributed by atoms with Crippen molar-refractivity contribution < 1.29 is 19.4 Å². The zero-order valence-corrected chi connectivity index (χ0v) is 12.2. The Morgan fingerprint density at radius 1 is 1.48 bits per heavy atom. The van der Waals surface area contributed by atoms with Gasteiger partial charge in [0.25, 0.3) is 0 Å². The van der Waals surface area contributed by atoms with E-state index in [1.807, 2.05) is 0 Å². The van der Waals surface area contributed by atoms with E-state index in [4.69, 9.17) is 15.6 Å². The Bertz CT molecular complexity index is 562. The highest BCUT2D eigenvalue weighted by molar-refractivity contribution is 5.93. The van der Waals surface area contributed by atoms with Gasteiger partial charge in [-0.05, 0) is 32.4 Å². The van der Waals surface area contributed by atoms with Gasteiger partial charge < -0.3 is 20.9 Å². The number of nitrogens with zero attached hydrogens (tertiary/aromatic N) is 1. The van der Waals surface area contributed by atoms with E-state index in [1.54, 1.807) is 32.9 Å². The fraction of sp³-hybridized carbons (Fsp3) is 0.357. The summed E-state index contributed by atoms with van der Waals surface area (Å²) >= 11 is 0. The van der Waals surface area contributed by atoms with E-state index in [0.717, 1.165) is 0 Å². The van der Waals surface area contributed by atoms with Crippen LogP contribution >= 0.6 is 0 Å². The second-order valence-corrected chi connectivity index (χ2v) is 5.29. The number of carboxylic acid groups (broad SMARTS) is 1. The van der Waals surface area contributed by atoms with Crippen molar-refractivity contribution in [2.45, 2.75) is 26.4 Å². The number of ether oxygens (including phenoxy) is 1. The van der Waals surface area contributed by atoms with E-state index in [1.165, 1.54) is 12.3 Å². The van der Waals surface area contributed by atoms with Crippen LogP contribution in [0.1, 0.15) is 36.7 Å². The van der Waals surface area contributed by atoms with E-state index in [9.17, 15) is 9.59 Å². The molecule has 0 aromatic carbocycles. The van der Waals surface area contributed by atoms with Gasteiger partial charge >= 0.3 is 12.1 Å². The molecule has 0 radical (unpaired) electrons. The summed E-state index contributed by atoms with van der Waals surface area (Å²) in [6.07, 6.45) is 4.22. The molecule has 1 rings (SSSR count). The third-order valence-corrected chi connectivity index (χ3v) is 2.24. The summed E-state index contributed by atoms with van der Waals surface area (Å²) < 4.78 is 5.07. The van der Waals surface area contributed by atoms with Crippen LogP contribution in [0.2, 0.25) is 0 Å². The number of alkyl carbamates (subject to hydrolysis) is 1. The molecule has 0 saturated carbocycles. The number of carbonyl (C=O) groups excluding carboxylic acids is 1. The molecule has 0 saturated heterocycles. The van der Waals surface area contributed by atoms with Gasteiger partial charge in [-0.2, -0.15) is 0 Å². The van der Waals surface area contributed by atoms with Crippen LogP contribution in [0.15, 0.2) is 18.3 Å². The number of amides is 1. The number of rotatable bonds is 4. The number of nitrogens with one attached hydrogen (secondary N) is 1. The van der Waals surface area contributed by atoms with Crippen LogP contribution in [0.3, 0.4) is 0 Å². The summed E-state index contributed by atoms with van der Waals surface area (Å²) in [5.74, 6) is -1.17. The first-order chi connectivity index (χ1) is 9.69. The molecular formula is C14H19N3O4. The van der Waals surface area contributed by atoms with Crippen molar-refractivity contribution in [1.82, 2.24) is 10.3 Å². The van der Waals surface area contributed by atoms with Gasteiger partial charge in [-0.1, -0.05) is 12.2 Å². The van der Waals surface area contributed by atoms with E-state index in [0.29, 0.717) is 5.56 Å². The maximum absolute atomic E-state index is 11.4. The monoisotopic (exact) mass is 293 g/mol. The second-order valence-electron chi connectivity index (χ2n) is 5.29. The van der Waals surface area contributed by atoms with Gasteiger partial charge in [-0.3, -0.25) is 0 Å². The van der Waals surface area contributed by atoms with Crippen LogP contribution in [-0.4, -0.2) is 34.3 Å². The minimum absolute atomic E-state index is 0.0356. The highest BCUT2D eigenvalue weighted by Crippen LogP contribution is 2.12. The molecule has 0 aliphatic rings. The van der Waals surface area contributed by atoms with Crippen LogP contribution in [0.5, 0.6) is 0 Å². The zero-order chi connectivity index (χ0) is 16.0. The summed E-state index contributed by atoms with van der Waals surface area (Å²) in [7, 11) is 0. The lowest BCUT2D eigenvalue weighted by molar-refractivity contribution is 0.0533. The zero-order valence-electron chi connectivity index (χ0n) is 12.2. The molecule has 7 heteroatoms. The number of pyridine rings is 1. The number of carbonyl (C=O) groups is 2. The van der Waals surface area contributed by atoms with E-state index in [-0.39, 0.29) is 17.9 Å². The van der Waals surface area contributed by atoms with Crippen molar-refractivity contribution >= 4 is 24.0 Å². The molecule has 21 heavy (non-hydrogen) atoms. The fourth-order valence-electron chi connectivity index (χ4n) is 1.41. The van der Waals surface area contributed by atoms with Gasteiger partial charge in [0.15, 0.2) is 0 Å². The highest BCUT2D eigenvalue weighted by atomic mass is 16.6. The van der Waals surface area contributed by atoms with Crippen LogP contribution in [0.25, 0.3) is 6.08 Å². The Hall–Kier alpha value is -2.57. The second kappa shape index (κ2) is 6.74. The smallest absolute Gasteiger partial charge is 0.407 e. The largest absolute Gasteiger partial charge is 0.478 e. The van der Waals surface area contributed by atoms with E-state index in [2.05, 4.69) is 10.3 Å². The van der Waals surface area contributed by atoms with Crippen molar-refractivity contribution in [3.05, 3.63) is 29.5 Å². The van der Waals surface area contributed by atoms with Gasteiger partial charge in [-0.25, -0.2) is 14.6 Å². The van der Waals surface area contributed by atoms with Crippen molar-refractivity contribution in [2.24, 2.45) is 0 Å². The first-order valence-corrected chi connectivity index (χ1v) is 6.31. The summed E-state index contributed by atoms with van der Waals surface area (Å²) in [6.45, 7) is 5.57. The molecule has 0 unspecified atom stereocenters. The summed E-state index contributed by atoms with van der Waals surface area (Å²) in [4.78, 5) is 26.1. The third-order valence-electron chi connectivity index (χ3n) is 2.24. The normalized spacial score (nSPS) is 11.4. The molecule has 0 bridgehead atoms. The average molecular weight is 293 g/mol. The number of nitrogen functional groups attached to an aromatic ring is 1. The Balaban J connectivity index is 2.56. The van der Waals surface area contributed by atoms with Crippen LogP contribution in [0.4, 0.5) is 10.6 Å². The average Bonchev–Trinajstić information content (AvgIpc) is 2.34. The molecule has 1 aromatic rings. The van der Waals surface area contributed by atoms with Crippen LogP contribution < -0.4 is 11.1 Å². The molecule has 1 heterocycles. The predicted octanol–water partition coefficient (Wildman–Crippen LogP) is 1.90. The number of aromatic carboxylic acids is 1. The lowest BCUT2D eigenvalue weighted by Crippen LogP contribution is -2.32. The lowest BCUT2D eigenvalue weighted by Gasteiger charge is -2.19. The summed E-state index contributed by atoms with van der Waals surface area (Å²) in [5, 5.41) is 11.5. The topological polar surface area (TPSA) is 115 Å². The molecule has 114 valence electrons. The highest BCUT2D eigenvalue weighted by Gasteiger charge is 2.15. The number of carboxylic acids is 1. The molecular weight excluding hydrogens is 274 g/mol. The van der Waals surface area contributed by atoms with Gasteiger partial charge in [-0.15, -0.1) is 0 Å². The maximum Gasteiger partial charge on any atom is 0.407 e. The fourth-order valence-corrected chi connectivity index (χ4v) is 1.41. The molecule has 1 amide bonds. The number of hydrogen-bond donors (Lipinski definition) is 3. The molecule has 4 N–H and O–H groups in total. The minimum atomic E-state index is -1.14. The minimum Gasteiger partial charge on any atom is -0.478 e. The van der Waals surface area contributed by atoms with Crippen LogP contribution in [-0.2, 0) is 4.74 Å². The van der Waals surface area contributed by atoms with E-state index < -0.39 is 17.7 Å². The number of hydrogen-bond acceptors (Lipinski definition) is 5. The summed E-state index contributed by atoms with van der Waals surface area (Å²) in [6, 6.07) is 1.41. The molecule has 7 nitrogen and oxygen atoms in total. The summed E-state index contributed by atoms with van der Waals surface area (Å²) in [5.41, 5.74) is 5.42. The molecule has 0 atom stereocenters. The third kappa shape index (κ3) is 5.94. The van der Waals surface area contributed by atoms with Gasteiger partial charge in [0, 0.05) is 12.7 Å². The molecule has 0 fully saturated rings. The number of anilines is 1. The van der Waals surface area contributed by atoms with Crippen molar-refractivity contribution in [2.75, 3.05) is 12.3 Å². The molecule has 0 spiro atoms. The Labute approximate surface area is 122 Å². The van der Waals surface area contributed by atoms with Crippen LogP contribution in [0, 0.1) is 0 Å². The maximum atomic E-state index is 11.4. The van der Waals surface area contributed by atoms with Gasteiger partial charge in [0.05, 0.1) is 0 Å². The Morgan fingerprint density at radius 2 is 2.14 bits per heavy atom. The van der Waals surface area contributed by atoms with E-state index >= 15 is 0 Å². The van der Waals surface area contributed by atoms with Crippen molar-refractivity contribution in [3.8, 4) is 0 Å². The number of nitrogens with two attached hydrogens (primary N) is 1. The molecule has 1 aromatic heterocycles. The van der Waals surface area contributed by atoms with Gasteiger partial charge in [0.2, 0.25) is 0 Å². The Morgan fingerprint density at radius 3 is 2.71 bits per heavy atom. The first kappa shape index (κ1) is 16.5.